The number of carbonyl (C=O) groups excluding carboxylic acids is 2. The SMILES string of the molecule is CC1C(=O)N(CCCN2CCCC2)CCN1C(=O)/C=C/c1ccc(Cl)c(Cl)c1. The van der Waals surface area contributed by atoms with Crippen LogP contribution in [0, 0.1) is 0 Å². The molecule has 0 saturated carbocycles. The fourth-order valence-corrected chi connectivity index (χ4v) is 4.13. The second-order valence-electron chi connectivity index (χ2n) is 7.44. The van der Waals surface area contributed by atoms with Gasteiger partial charge in [0.25, 0.3) is 0 Å². The lowest BCUT2D eigenvalue weighted by molar-refractivity contribution is -0.148. The molecule has 0 bridgehead atoms. The smallest absolute Gasteiger partial charge is 0.247 e. The molecular formula is C21H27Cl2N3O2. The molecule has 1 aromatic rings. The Balaban J connectivity index is 1.51. The number of hydrogen-bond acceptors (Lipinski definition) is 3. The van der Waals surface area contributed by atoms with Crippen molar-refractivity contribution in [2.24, 2.45) is 0 Å². The maximum absolute atomic E-state index is 12.7. The van der Waals surface area contributed by atoms with Gasteiger partial charge in [-0.2, -0.15) is 0 Å². The summed E-state index contributed by atoms with van der Waals surface area (Å²) in [7, 11) is 0. The van der Waals surface area contributed by atoms with E-state index < -0.39 is 6.04 Å². The quantitative estimate of drug-likeness (QED) is 0.657. The van der Waals surface area contributed by atoms with Gasteiger partial charge in [-0.25, -0.2) is 0 Å². The van der Waals surface area contributed by atoms with E-state index in [1.54, 1.807) is 36.1 Å². The first-order chi connectivity index (χ1) is 13.5. The molecule has 2 aliphatic rings. The Labute approximate surface area is 176 Å². The standard InChI is InChI=1S/C21H27Cl2N3O2/c1-16-21(28)25(12-4-11-24-9-2-3-10-24)13-14-26(16)20(27)8-6-17-5-7-18(22)19(23)15-17/h5-8,15-16H,2-4,9-14H2,1H3/b8-6+. The highest BCUT2D eigenvalue weighted by Gasteiger charge is 2.33. The van der Waals surface area contributed by atoms with E-state index in [0.717, 1.165) is 25.1 Å². The maximum Gasteiger partial charge on any atom is 0.247 e. The van der Waals surface area contributed by atoms with Crippen molar-refractivity contribution in [3.05, 3.63) is 39.9 Å². The summed E-state index contributed by atoms with van der Waals surface area (Å²) in [6.07, 6.45) is 6.75. The molecule has 1 aromatic carbocycles. The van der Waals surface area contributed by atoms with Crippen molar-refractivity contribution in [2.75, 3.05) is 39.3 Å². The molecule has 28 heavy (non-hydrogen) atoms. The summed E-state index contributed by atoms with van der Waals surface area (Å²) in [4.78, 5) is 31.3. The van der Waals surface area contributed by atoms with Crippen molar-refractivity contribution < 1.29 is 9.59 Å². The Hall–Kier alpha value is -1.56. The van der Waals surface area contributed by atoms with E-state index in [1.165, 1.54) is 32.0 Å². The number of rotatable bonds is 6. The monoisotopic (exact) mass is 423 g/mol. The van der Waals surface area contributed by atoms with Gasteiger partial charge in [-0.15, -0.1) is 0 Å². The maximum atomic E-state index is 12.7. The molecule has 2 amide bonds. The minimum absolute atomic E-state index is 0.0314. The van der Waals surface area contributed by atoms with E-state index in [9.17, 15) is 9.59 Å². The van der Waals surface area contributed by atoms with Crippen molar-refractivity contribution in [3.8, 4) is 0 Å². The van der Waals surface area contributed by atoms with Gasteiger partial charge in [-0.05, 0) is 69.6 Å². The molecule has 3 rings (SSSR count). The predicted octanol–water partition coefficient (Wildman–Crippen LogP) is 3.55. The van der Waals surface area contributed by atoms with Crippen molar-refractivity contribution in [3.63, 3.8) is 0 Å². The molecule has 0 aromatic heterocycles. The number of benzene rings is 1. The fraction of sp³-hybridized carbons (Fsp3) is 0.524. The van der Waals surface area contributed by atoms with Crippen LogP contribution in [0.4, 0.5) is 0 Å². The van der Waals surface area contributed by atoms with Crippen LogP contribution in [0.5, 0.6) is 0 Å². The zero-order valence-corrected chi connectivity index (χ0v) is 17.8. The molecule has 0 radical (unpaired) electrons. The van der Waals surface area contributed by atoms with Gasteiger partial charge in [0.05, 0.1) is 10.0 Å². The molecule has 5 nitrogen and oxygen atoms in total. The summed E-state index contributed by atoms with van der Waals surface area (Å²) in [6.45, 7) is 7.13. The number of halogens is 2. The topological polar surface area (TPSA) is 43.9 Å². The average Bonchev–Trinajstić information content (AvgIpc) is 3.19. The number of likely N-dealkylation sites (tertiary alicyclic amines) is 1. The first-order valence-electron chi connectivity index (χ1n) is 9.90. The van der Waals surface area contributed by atoms with Gasteiger partial charge in [-0.1, -0.05) is 29.3 Å². The van der Waals surface area contributed by atoms with E-state index in [2.05, 4.69) is 4.90 Å². The Kier molecular flexibility index (Phi) is 7.38. The summed E-state index contributed by atoms with van der Waals surface area (Å²) < 4.78 is 0. The normalized spacial score (nSPS) is 21.1. The lowest BCUT2D eigenvalue weighted by Crippen LogP contribution is -2.57. The van der Waals surface area contributed by atoms with E-state index in [1.807, 2.05) is 4.90 Å². The van der Waals surface area contributed by atoms with Crippen molar-refractivity contribution in [1.29, 1.82) is 0 Å². The molecule has 1 unspecified atom stereocenters. The summed E-state index contributed by atoms with van der Waals surface area (Å²) in [5, 5.41) is 0.924. The van der Waals surface area contributed by atoms with Gasteiger partial charge >= 0.3 is 0 Å². The first kappa shape index (κ1) is 21.2. The van der Waals surface area contributed by atoms with Crippen LogP contribution in [-0.4, -0.2) is 71.8 Å². The number of nitrogens with zero attached hydrogens (tertiary/aromatic N) is 3. The van der Waals surface area contributed by atoms with Gasteiger partial charge in [-0.3, -0.25) is 9.59 Å². The van der Waals surface area contributed by atoms with Crippen molar-refractivity contribution >= 4 is 41.1 Å². The van der Waals surface area contributed by atoms with Crippen LogP contribution in [0.15, 0.2) is 24.3 Å². The summed E-state index contributed by atoms with van der Waals surface area (Å²) in [5.74, 6) is -0.132. The highest BCUT2D eigenvalue weighted by molar-refractivity contribution is 6.42. The van der Waals surface area contributed by atoms with Crippen molar-refractivity contribution in [1.82, 2.24) is 14.7 Å². The van der Waals surface area contributed by atoms with Crippen LogP contribution in [-0.2, 0) is 9.59 Å². The largest absolute Gasteiger partial charge is 0.339 e. The van der Waals surface area contributed by atoms with Crippen LogP contribution in [0.1, 0.15) is 31.7 Å². The lowest BCUT2D eigenvalue weighted by Gasteiger charge is -2.39. The molecule has 1 atom stereocenters. The van der Waals surface area contributed by atoms with Crippen LogP contribution >= 0.6 is 23.2 Å². The van der Waals surface area contributed by atoms with Crippen LogP contribution < -0.4 is 0 Å². The molecule has 152 valence electrons. The van der Waals surface area contributed by atoms with E-state index in [-0.39, 0.29) is 11.8 Å². The summed E-state index contributed by atoms with van der Waals surface area (Å²) in [6, 6.07) is 4.76. The van der Waals surface area contributed by atoms with Crippen LogP contribution in [0.2, 0.25) is 10.0 Å². The molecule has 0 N–H and O–H groups in total. The highest BCUT2D eigenvalue weighted by atomic mass is 35.5. The Bertz CT molecular complexity index is 747. The molecule has 0 spiro atoms. The molecule has 7 heteroatoms. The third kappa shape index (κ3) is 5.28. The first-order valence-corrected chi connectivity index (χ1v) is 10.7. The van der Waals surface area contributed by atoms with E-state index >= 15 is 0 Å². The minimum atomic E-state index is -0.438. The fourth-order valence-electron chi connectivity index (χ4n) is 3.82. The van der Waals surface area contributed by atoms with Gasteiger partial charge in [0.15, 0.2) is 0 Å². The molecule has 2 fully saturated rings. The van der Waals surface area contributed by atoms with E-state index in [4.69, 9.17) is 23.2 Å². The number of carbonyl (C=O) groups is 2. The third-order valence-corrected chi connectivity index (χ3v) is 6.23. The van der Waals surface area contributed by atoms with Gasteiger partial charge in [0, 0.05) is 25.7 Å². The molecule has 2 saturated heterocycles. The molecule has 0 aliphatic carbocycles. The lowest BCUT2D eigenvalue weighted by atomic mass is 10.1. The van der Waals surface area contributed by atoms with Gasteiger partial charge < -0.3 is 14.7 Å². The van der Waals surface area contributed by atoms with E-state index in [0.29, 0.717) is 23.1 Å². The van der Waals surface area contributed by atoms with Crippen molar-refractivity contribution in [2.45, 2.75) is 32.2 Å². The summed E-state index contributed by atoms with van der Waals surface area (Å²) in [5.41, 5.74) is 0.794. The highest BCUT2D eigenvalue weighted by Crippen LogP contribution is 2.23. The predicted molar refractivity (Wildman–Crippen MR) is 114 cm³/mol. The van der Waals surface area contributed by atoms with Crippen LogP contribution in [0.25, 0.3) is 6.08 Å². The number of piperazine rings is 1. The Morgan fingerprint density at radius 3 is 2.57 bits per heavy atom. The average molecular weight is 424 g/mol. The molecule has 2 heterocycles. The van der Waals surface area contributed by atoms with Crippen LogP contribution in [0.3, 0.4) is 0 Å². The Morgan fingerprint density at radius 1 is 1.11 bits per heavy atom. The summed E-state index contributed by atoms with van der Waals surface area (Å²) >= 11 is 11.9. The van der Waals surface area contributed by atoms with Gasteiger partial charge in [0.1, 0.15) is 6.04 Å². The zero-order valence-electron chi connectivity index (χ0n) is 16.2. The third-order valence-electron chi connectivity index (χ3n) is 5.49. The second-order valence-corrected chi connectivity index (χ2v) is 8.26. The number of amides is 2. The minimum Gasteiger partial charge on any atom is -0.339 e. The Morgan fingerprint density at radius 2 is 1.86 bits per heavy atom. The molecule has 2 aliphatic heterocycles. The number of hydrogen-bond donors (Lipinski definition) is 0. The zero-order chi connectivity index (χ0) is 20.1. The second kappa shape index (κ2) is 9.77. The van der Waals surface area contributed by atoms with Gasteiger partial charge in [0.2, 0.25) is 11.8 Å². The molecular weight excluding hydrogens is 397 g/mol.